The molecule has 0 fully saturated rings. The van der Waals surface area contributed by atoms with E-state index >= 15 is 0 Å². The van der Waals surface area contributed by atoms with Crippen molar-refractivity contribution in [2.24, 2.45) is 7.05 Å². The van der Waals surface area contributed by atoms with Crippen LogP contribution in [-0.4, -0.2) is 46.0 Å². The second-order valence-electron chi connectivity index (χ2n) is 7.53. The van der Waals surface area contributed by atoms with Gasteiger partial charge in [-0.15, -0.1) is 0 Å². The van der Waals surface area contributed by atoms with Crippen molar-refractivity contribution >= 4 is 35.1 Å². The molecule has 1 aromatic heterocycles. The fraction of sp³-hybridized carbons (Fsp3) is 0.500. The lowest BCUT2D eigenvalue weighted by atomic mass is 10.1. The van der Waals surface area contributed by atoms with E-state index in [0.717, 1.165) is 23.5 Å². The number of benzene rings is 1. The van der Waals surface area contributed by atoms with Gasteiger partial charge in [-0.05, 0) is 33.3 Å². The van der Waals surface area contributed by atoms with Crippen molar-refractivity contribution in [3.63, 3.8) is 0 Å². The maximum atomic E-state index is 12.3. The van der Waals surface area contributed by atoms with Crippen molar-refractivity contribution in [2.75, 3.05) is 25.0 Å². The number of amides is 1. The van der Waals surface area contributed by atoms with Crippen molar-refractivity contribution in [1.29, 1.82) is 0 Å². The molecule has 0 aliphatic heterocycles. The minimum absolute atomic E-state index is 0.299. The van der Waals surface area contributed by atoms with Crippen LogP contribution in [0.2, 0.25) is 10.0 Å². The lowest BCUT2D eigenvalue weighted by Gasteiger charge is -2.27. The first-order valence-corrected chi connectivity index (χ1v) is 10.1. The Bertz CT molecular complexity index is 815. The van der Waals surface area contributed by atoms with Gasteiger partial charge in [0.1, 0.15) is 11.4 Å². The molecule has 0 bridgehead atoms. The standard InChI is InChI=1S/C20H28Cl2N4O2/c1-6-11-26(19(27)28-20(2,3)4)12-10-23-17-13-16(24-25(17)5)14-8-7-9-15(21)18(14)22/h7-9,13,23H,6,10-12H2,1-5H3. The number of aryl methyl sites for hydroxylation is 1. The van der Waals surface area contributed by atoms with E-state index < -0.39 is 5.60 Å². The summed E-state index contributed by atoms with van der Waals surface area (Å²) in [5.41, 5.74) is 0.998. The molecular weight excluding hydrogens is 399 g/mol. The van der Waals surface area contributed by atoms with Gasteiger partial charge in [0.15, 0.2) is 0 Å². The number of carbonyl (C=O) groups excluding carboxylic acids is 1. The summed E-state index contributed by atoms with van der Waals surface area (Å²) >= 11 is 12.4. The third kappa shape index (κ3) is 6.04. The zero-order valence-corrected chi connectivity index (χ0v) is 18.6. The van der Waals surface area contributed by atoms with Crippen LogP contribution in [0, 0.1) is 0 Å². The SMILES string of the molecule is CCCN(CCNc1cc(-c2cccc(Cl)c2Cl)nn1C)C(=O)OC(C)(C)C. The molecule has 0 radical (unpaired) electrons. The first-order valence-electron chi connectivity index (χ1n) is 9.32. The first kappa shape index (κ1) is 22.4. The number of rotatable bonds is 7. The fourth-order valence-electron chi connectivity index (χ4n) is 2.68. The van der Waals surface area contributed by atoms with E-state index in [4.69, 9.17) is 27.9 Å². The molecule has 0 unspecified atom stereocenters. The molecule has 0 saturated carbocycles. The molecule has 1 heterocycles. The minimum Gasteiger partial charge on any atom is -0.444 e. The van der Waals surface area contributed by atoms with E-state index in [2.05, 4.69) is 10.4 Å². The zero-order chi connectivity index (χ0) is 20.9. The largest absolute Gasteiger partial charge is 0.444 e. The monoisotopic (exact) mass is 426 g/mol. The minimum atomic E-state index is -0.510. The Balaban J connectivity index is 2.03. The molecule has 1 N–H and O–H groups in total. The number of aromatic nitrogens is 2. The van der Waals surface area contributed by atoms with Crippen molar-refractivity contribution in [2.45, 2.75) is 39.7 Å². The molecule has 0 saturated heterocycles. The van der Waals surface area contributed by atoms with E-state index in [1.807, 2.05) is 52.9 Å². The normalized spacial score (nSPS) is 11.4. The number of anilines is 1. The third-order valence-corrected chi connectivity index (χ3v) is 4.76. The Labute approximate surface area is 176 Å². The number of hydrogen-bond acceptors (Lipinski definition) is 4. The molecule has 154 valence electrons. The van der Waals surface area contributed by atoms with E-state index in [9.17, 15) is 4.79 Å². The second-order valence-corrected chi connectivity index (χ2v) is 8.32. The van der Waals surface area contributed by atoms with Gasteiger partial charge in [-0.1, -0.05) is 42.3 Å². The molecule has 2 aromatic rings. The molecule has 28 heavy (non-hydrogen) atoms. The lowest BCUT2D eigenvalue weighted by Crippen LogP contribution is -2.39. The van der Waals surface area contributed by atoms with Crippen molar-refractivity contribution in [3.05, 3.63) is 34.3 Å². The number of nitrogens with one attached hydrogen (secondary N) is 1. The quantitative estimate of drug-likeness (QED) is 0.638. The van der Waals surface area contributed by atoms with Gasteiger partial charge in [0.25, 0.3) is 0 Å². The Morgan fingerprint density at radius 2 is 2.00 bits per heavy atom. The maximum absolute atomic E-state index is 12.3. The molecule has 1 aromatic carbocycles. The van der Waals surface area contributed by atoms with Gasteiger partial charge in [0.05, 0.1) is 15.7 Å². The van der Waals surface area contributed by atoms with E-state index in [1.54, 1.807) is 15.6 Å². The van der Waals surface area contributed by atoms with Crippen LogP contribution in [0.25, 0.3) is 11.3 Å². The Morgan fingerprint density at radius 3 is 2.64 bits per heavy atom. The van der Waals surface area contributed by atoms with Gasteiger partial charge < -0.3 is 15.0 Å². The van der Waals surface area contributed by atoms with E-state index in [0.29, 0.717) is 29.7 Å². The van der Waals surface area contributed by atoms with Crippen molar-refractivity contribution in [3.8, 4) is 11.3 Å². The molecule has 2 rings (SSSR count). The van der Waals surface area contributed by atoms with Gasteiger partial charge in [-0.2, -0.15) is 5.10 Å². The highest BCUT2D eigenvalue weighted by Crippen LogP contribution is 2.33. The van der Waals surface area contributed by atoms with Crippen molar-refractivity contribution in [1.82, 2.24) is 14.7 Å². The summed E-state index contributed by atoms with van der Waals surface area (Å²) in [7, 11) is 1.85. The first-order chi connectivity index (χ1) is 13.1. The highest BCUT2D eigenvalue weighted by molar-refractivity contribution is 6.43. The second kappa shape index (κ2) is 9.52. The summed E-state index contributed by atoms with van der Waals surface area (Å²) in [6.07, 6.45) is 0.565. The topological polar surface area (TPSA) is 59.4 Å². The van der Waals surface area contributed by atoms with Crippen LogP contribution in [0.15, 0.2) is 24.3 Å². The number of ether oxygens (including phenoxy) is 1. The molecular formula is C20H28Cl2N4O2. The summed E-state index contributed by atoms with van der Waals surface area (Å²) in [6.45, 7) is 9.38. The molecule has 0 aliphatic carbocycles. The summed E-state index contributed by atoms with van der Waals surface area (Å²) in [5.74, 6) is 0.826. The summed E-state index contributed by atoms with van der Waals surface area (Å²) in [4.78, 5) is 14.1. The summed E-state index contributed by atoms with van der Waals surface area (Å²) in [6, 6.07) is 7.38. The van der Waals surface area contributed by atoms with Crippen LogP contribution in [0.5, 0.6) is 0 Å². The maximum Gasteiger partial charge on any atom is 0.410 e. The van der Waals surface area contributed by atoms with Gasteiger partial charge in [-0.3, -0.25) is 4.68 Å². The summed E-state index contributed by atoms with van der Waals surface area (Å²) < 4.78 is 7.22. The van der Waals surface area contributed by atoms with Crippen LogP contribution in [0.4, 0.5) is 10.6 Å². The number of nitrogens with zero attached hydrogens (tertiary/aromatic N) is 3. The van der Waals surface area contributed by atoms with Crippen LogP contribution in [0.1, 0.15) is 34.1 Å². The highest BCUT2D eigenvalue weighted by Gasteiger charge is 2.21. The molecule has 8 heteroatoms. The van der Waals surface area contributed by atoms with Crippen LogP contribution >= 0.6 is 23.2 Å². The Morgan fingerprint density at radius 1 is 1.29 bits per heavy atom. The van der Waals surface area contributed by atoms with Crippen molar-refractivity contribution < 1.29 is 9.53 Å². The average Bonchev–Trinajstić information content (AvgIpc) is 2.95. The van der Waals surface area contributed by atoms with Crippen LogP contribution in [-0.2, 0) is 11.8 Å². The predicted octanol–water partition coefficient (Wildman–Crippen LogP) is 5.45. The van der Waals surface area contributed by atoms with Gasteiger partial charge >= 0.3 is 6.09 Å². The average molecular weight is 427 g/mol. The highest BCUT2D eigenvalue weighted by atomic mass is 35.5. The Hall–Kier alpha value is -1.92. The molecule has 1 amide bonds. The fourth-order valence-corrected chi connectivity index (χ4v) is 3.07. The predicted molar refractivity (Wildman–Crippen MR) is 115 cm³/mol. The van der Waals surface area contributed by atoms with E-state index in [1.165, 1.54) is 0 Å². The molecule has 6 nitrogen and oxygen atoms in total. The Kier molecular flexibility index (Phi) is 7.61. The lowest BCUT2D eigenvalue weighted by molar-refractivity contribution is 0.0257. The smallest absolute Gasteiger partial charge is 0.410 e. The number of carbonyl (C=O) groups is 1. The number of hydrogen-bond donors (Lipinski definition) is 1. The zero-order valence-electron chi connectivity index (χ0n) is 17.1. The van der Waals surface area contributed by atoms with Gasteiger partial charge in [0.2, 0.25) is 0 Å². The summed E-state index contributed by atoms with van der Waals surface area (Å²) in [5, 5.41) is 8.80. The van der Waals surface area contributed by atoms with Crippen LogP contribution in [0.3, 0.4) is 0 Å². The number of halogens is 2. The molecule has 0 spiro atoms. The van der Waals surface area contributed by atoms with Gasteiger partial charge in [0, 0.05) is 38.3 Å². The van der Waals surface area contributed by atoms with E-state index in [-0.39, 0.29) is 6.09 Å². The van der Waals surface area contributed by atoms with Crippen LogP contribution < -0.4 is 5.32 Å². The van der Waals surface area contributed by atoms with Gasteiger partial charge in [-0.25, -0.2) is 4.79 Å². The molecule has 0 atom stereocenters. The molecule has 0 aliphatic rings. The third-order valence-electron chi connectivity index (χ3n) is 3.94.